The van der Waals surface area contributed by atoms with E-state index >= 15 is 0 Å². The molecule has 2 saturated heterocycles. The third-order valence-electron chi connectivity index (χ3n) is 6.80. The van der Waals surface area contributed by atoms with E-state index in [-0.39, 0.29) is 39.0 Å². The Morgan fingerprint density at radius 2 is 1.79 bits per heavy atom. The molecule has 2 aromatic heterocycles. The molecule has 3 aliphatic rings. The second-order valence-electron chi connectivity index (χ2n) is 8.98. The molecule has 1 N–H and O–H groups in total. The number of aromatic nitrogens is 2. The van der Waals surface area contributed by atoms with Crippen molar-refractivity contribution in [2.45, 2.75) is 69.3 Å². The number of nitrogens with zero attached hydrogens (tertiary/aromatic N) is 3. The first-order valence-electron chi connectivity index (χ1n) is 11.1. The highest BCUT2D eigenvalue weighted by atomic mass is 32.1. The molecule has 1 amide bonds. The molecule has 6 nitrogen and oxygen atoms in total. The van der Waals surface area contributed by atoms with E-state index in [1.54, 1.807) is 4.90 Å². The van der Waals surface area contributed by atoms with Crippen LogP contribution in [0.4, 0.5) is 27.8 Å². The molecule has 34 heavy (non-hydrogen) atoms. The summed E-state index contributed by atoms with van der Waals surface area (Å²) >= 11 is 0.793. The Bertz CT molecular complexity index is 1100. The summed E-state index contributed by atoms with van der Waals surface area (Å²) in [6.45, 7) is 0. The molecule has 0 radical (unpaired) electrons. The Hall–Kier alpha value is -2.63. The van der Waals surface area contributed by atoms with Crippen LogP contribution < -0.4 is 5.32 Å². The van der Waals surface area contributed by atoms with Crippen molar-refractivity contribution in [3.05, 3.63) is 28.5 Å². The van der Waals surface area contributed by atoms with E-state index in [2.05, 4.69) is 15.3 Å². The monoisotopic (exact) mass is 500 g/mol. The number of alkyl halides is 5. The lowest BCUT2D eigenvalue weighted by Gasteiger charge is -2.23. The summed E-state index contributed by atoms with van der Waals surface area (Å²) in [7, 11) is 0. The van der Waals surface area contributed by atoms with Crippen molar-refractivity contribution in [1.29, 1.82) is 0 Å². The van der Waals surface area contributed by atoms with E-state index in [9.17, 15) is 31.5 Å². The lowest BCUT2D eigenvalue weighted by molar-refractivity contribution is -0.146. The average Bonchev–Trinajstić information content (AvgIpc) is 3.24. The van der Waals surface area contributed by atoms with Crippen molar-refractivity contribution < 1.29 is 31.5 Å². The SMILES string of the molecule is O=Cc1nc(C(=O)N2C3CCC2CC3)c(-c2cnc(N[C@@H](C3CC3)C(F)(F)F)cc2C(F)F)s1. The molecule has 182 valence electrons. The quantitative estimate of drug-likeness (QED) is 0.403. The Labute approximate surface area is 195 Å². The van der Waals surface area contributed by atoms with Gasteiger partial charge < -0.3 is 10.2 Å². The Kier molecular flexibility index (Phi) is 5.81. The number of halogens is 5. The zero-order valence-corrected chi connectivity index (χ0v) is 18.6. The third-order valence-corrected chi connectivity index (χ3v) is 7.81. The molecular weight excluding hydrogens is 479 g/mol. The molecule has 1 aliphatic carbocycles. The highest BCUT2D eigenvalue weighted by molar-refractivity contribution is 7.17. The lowest BCUT2D eigenvalue weighted by Crippen LogP contribution is -2.38. The molecule has 1 saturated carbocycles. The fraction of sp³-hybridized carbons (Fsp3) is 0.545. The van der Waals surface area contributed by atoms with Gasteiger partial charge in [-0.15, -0.1) is 11.3 Å². The molecule has 2 aromatic rings. The van der Waals surface area contributed by atoms with Gasteiger partial charge >= 0.3 is 6.18 Å². The highest BCUT2D eigenvalue weighted by Gasteiger charge is 2.49. The molecule has 1 atom stereocenters. The number of aldehydes is 1. The van der Waals surface area contributed by atoms with Gasteiger partial charge in [-0.3, -0.25) is 9.59 Å². The molecule has 2 aliphatic heterocycles. The molecule has 4 heterocycles. The number of fused-ring (bicyclic) bond motifs is 2. The van der Waals surface area contributed by atoms with Crippen molar-refractivity contribution >= 4 is 29.3 Å². The second-order valence-corrected chi connectivity index (χ2v) is 10.0. The van der Waals surface area contributed by atoms with Crippen LogP contribution in [0.15, 0.2) is 12.3 Å². The molecular formula is C22H21F5N4O2S. The summed E-state index contributed by atoms with van der Waals surface area (Å²) in [6, 6.07) is -0.862. The smallest absolute Gasteiger partial charge is 0.358 e. The summed E-state index contributed by atoms with van der Waals surface area (Å²) < 4.78 is 68.2. The Morgan fingerprint density at radius 3 is 2.32 bits per heavy atom. The topological polar surface area (TPSA) is 75.2 Å². The summed E-state index contributed by atoms with van der Waals surface area (Å²) in [4.78, 5) is 34.6. The number of carbonyl (C=O) groups excluding carboxylic acids is 2. The molecule has 0 aromatic carbocycles. The first-order valence-corrected chi connectivity index (χ1v) is 11.9. The predicted octanol–water partition coefficient (Wildman–Crippen LogP) is 5.48. The van der Waals surface area contributed by atoms with Crippen LogP contribution in [0.1, 0.15) is 70.8 Å². The van der Waals surface area contributed by atoms with E-state index in [0.29, 0.717) is 19.1 Å². The Morgan fingerprint density at radius 1 is 1.15 bits per heavy atom. The second kappa shape index (κ2) is 8.54. The molecule has 5 rings (SSSR count). The maximum atomic E-state index is 14.0. The normalized spacial score (nSPS) is 22.9. The number of hydrogen-bond acceptors (Lipinski definition) is 6. The third kappa shape index (κ3) is 4.16. The van der Waals surface area contributed by atoms with Crippen LogP contribution in [0.5, 0.6) is 0 Å². The molecule has 0 unspecified atom stereocenters. The van der Waals surface area contributed by atoms with Gasteiger partial charge in [-0.1, -0.05) is 0 Å². The van der Waals surface area contributed by atoms with Crippen LogP contribution in [-0.2, 0) is 0 Å². The summed E-state index contributed by atoms with van der Waals surface area (Å²) in [5.74, 6) is -1.36. The van der Waals surface area contributed by atoms with E-state index < -0.39 is 36.0 Å². The van der Waals surface area contributed by atoms with Gasteiger partial charge in [-0.25, -0.2) is 18.7 Å². The van der Waals surface area contributed by atoms with Crippen molar-refractivity contribution in [3.63, 3.8) is 0 Å². The molecule has 0 spiro atoms. The zero-order chi connectivity index (χ0) is 24.2. The van der Waals surface area contributed by atoms with Gasteiger partial charge in [0.2, 0.25) is 0 Å². The standard InChI is InChI=1S/C22H21F5N4O2S/c23-20(24)13-7-15(29-19(10-1-2-10)22(25,26)27)28-8-14(13)18-17(30-16(9-32)34-18)21(33)31-11-3-4-12(31)6-5-11/h7-12,19-20H,1-6H2,(H,28,29)/t11?,12?,19-/m0/s1. The Balaban J connectivity index is 1.51. The minimum Gasteiger partial charge on any atom is -0.358 e. The number of thiazole rings is 1. The van der Waals surface area contributed by atoms with E-state index in [4.69, 9.17) is 0 Å². The van der Waals surface area contributed by atoms with Gasteiger partial charge in [-0.05, 0) is 50.5 Å². The average molecular weight is 500 g/mol. The number of carbonyl (C=O) groups is 2. The van der Waals surface area contributed by atoms with Crippen LogP contribution in [0.2, 0.25) is 0 Å². The van der Waals surface area contributed by atoms with Gasteiger partial charge in [0.05, 0.1) is 4.88 Å². The minimum absolute atomic E-state index is 0.0434. The van der Waals surface area contributed by atoms with Crippen molar-refractivity contribution in [3.8, 4) is 10.4 Å². The van der Waals surface area contributed by atoms with Gasteiger partial charge in [-0.2, -0.15) is 13.2 Å². The maximum Gasteiger partial charge on any atom is 0.408 e. The van der Waals surface area contributed by atoms with E-state index in [1.807, 2.05) is 0 Å². The van der Waals surface area contributed by atoms with Gasteiger partial charge in [0.1, 0.15) is 17.6 Å². The largest absolute Gasteiger partial charge is 0.408 e. The van der Waals surface area contributed by atoms with Crippen LogP contribution in [0.3, 0.4) is 0 Å². The van der Waals surface area contributed by atoms with Crippen LogP contribution in [0.25, 0.3) is 10.4 Å². The zero-order valence-electron chi connectivity index (χ0n) is 17.8. The fourth-order valence-electron chi connectivity index (χ4n) is 5.06. The number of hydrogen-bond donors (Lipinski definition) is 1. The number of pyridine rings is 1. The van der Waals surface area contributed by atoms with E-state index in [0.717, 1.165) is 49.3 Å². The van der Waals surface area contributed by atoms with Crippen molar-refractivity contribution in [2.24, 2.45) is 5.92 Å². The molecule has 3 fully saturated rings. The van der Waals surface area contributed by atoms with Crippen molar-refractivity contribution in [1.82, 2.24) is 14.9 Å². The number of rotatable bonds is 7. The summed E-state index contributed by atoms with van der Waals surface area (Å²) in [5.41, 5.74) is -0.786. The molecule has 2 bridgehead atoms. The number of anilines is 1. The highest BCUT2D eigenvalue weighted by Crippen LogP contribution is 2.44. The van der Waals surface area contributed by atoms with Crippen LogP contribution in [0, 0.1) is 5.92 Å². The number of nitrogens with one attached hydrogen (secondary N) is 1. The van der Waals surface area contributed by atoms with Gasteiger partial charge in [0.25, 0.3) is 12.3 Å². The van der Waals surface area contributed by atoms with Crippen molar-refractivity contribution in [2.75, 3.05) is 5.32 Å². The first-order chi connectivity index (χ1) is 16.2. The number of amides is 1. The predicted molar refractivity (Wildman–Crippen MR) is 114 cm³/mol. The lowest BCUT2D eigenvalue weighted by atomic mass is 10.0. The van der Waals surface area contributed by atoms with E-state index in [1.165, 1.54) is 0 Å². The van der Waals surface area contributed by atoms with Crippen LogP contribution >= 0.6 is 11.3 Å². The fourth-order valence-corrected chi connectivity index (χ4v) is 5.96. The van der Waals surface area contributed by atoms with Crippen LogP contribution in [-0.4, -0.2) is 51.4 Å². The first kappa shape index (κ1) is 23.1. The summed E-state index contributed by atoms with van der Waals surface area (Å²) in [6.07, 6.45) is -1.87. The minimum atomic E-state index is -4.54. The maximum absolute atomic E-state index is 14.0. The van der Waals surface area contributed by atoms with Gasteiger partial charge in [0, 0.05) is 29.4 Å². The summed E-state index contributed by atoms with van der Waals surface area (Å²) in [5, 5.41) is 2.22. The van der Waals surface area contributed by atoms with Gasteiger partial charge in [0.15, 0.2) is 11.3 Å². The molecule has 12 heteroatoms.